The van der Waals surface area contributed by atoms with Crippen LogP contribution in [0.5, 0.6) is 5.75 Å². The highest BCUT2D eigenvalue weighted by Crippen LogP contribution is 2.25. The third-order valence-electron chi connectivity index (χ3n) is 2.53. The molecule has 0 aliphatic carbocycles. The van der Waals surface area contributed by atoms with E-state index in [1.165, 1.54) is 0 Å². The van der Waals surface area contributed by atoms with Gasteiger partial charge in [-0.15, -0.1) is 5.10 Å². The number of rotatable bonds is 4. The summed E-state index contributed by atoms with van der Waals surface area (Å²) in [4.78, 5) is 0. The number of benzene rings is 1. The lowest BCUT2D eigenvalue weighted by molar-refractivity contribution is 0.0305. The van der Waals surface area contributed by atoms with E-state index < -0.39 is 0 Å². The Morgan fingerprint density at radius 3 is 2.88 bits per heavy atom. The number of phenolic OH excluding ortho intramolecular Hbond substituents is 1. The second-order valence-corrected chi connectivity index (χ2v) is 3.73. The summed E-state index contributed by atoms with van der Waals surface area (Å²) < 4.78 is 7.33. The molecule has 1 aromatic heterocycles. The van der Waals surface area contributed by atoms with Crippen LogP contribution in [0.15, 0.2) is 30.6 Å². The molecule has 1 N–H and O–H groups in total. The lowest BCUT2D eigenvalue weighted by Crippen LogP contribution is -2.16. The highest BCUT2D eigenvalue weighted by Gasteiger charge is 2.16. The fraction of sp³-hybridized carbons (Fsp3) is 0.333. The number of aromatic nitrogens is 3. The Labute approximate surface area is 99.7 Å². The number of ether oxygens (including phenoxy) is 1. The predicted molar refractivity (Wildman–Crippen MR) is 62.6 cm³/mol. The van der Waals surface area contributed by atoms with E-state index in [2.05, 4.69) is 10.3 Å². The van der Waals surface area contributed by atoms with Crippen molar-refractivity contribution in [3.05, 3.63) is 41.7 Å². The van der Waals surface area contributed by atoms with Crippen LogP contribution in [0.2, 0.25) is 0 Å². The second kappa shape index (κ2) is 4.97. The normalized spacial score (nSPS) is 12.6. The van der Waals surface area contributed by atoms with Gasteiger partial charge in [-0.3, -0.25) is 0 Å². The number of aromatic hydroxyl groups is 1. The van der Waals surface area contributed by atoms with Gasteiger partial charge in [-0.2, -0.15) is 0 Å². The Kier molecular flexibility index (Phi) is 3.39. The van der Waals surface area contributed by atoms with Gasteiger partial charge in [0.05, 0.1) is 6.20 Å². The smallest absolute Gasteiger partial charge is 0.177 e. The average Bonchev–Trinajstić information content (AvgIpc) is 2.80. The molecule has 0 fully saturated rings. The Hall–Kier alpha value is -1.88. The molecule has 1 unspecified atom stereocenters. The van der Waals surface area contributed by atoms with Gasteiger partial charge in [-0.05, 0) is 31.5 Å². The molecule has 0 bridgehead atoms. The maximum Gasteiger partial charge on any atom is 0.177 e. The van der Waals surface area contributed by atoms with Gasteiger partial charge in [0.15, 0.2) is 6.23 Å². The van der Waals surface area contributed by atoms with Crippen molar-refractivity contribution in [2.75, 3.05) is 6.61 Å². The highest BCUT2D eigenvalue weighted by molar-refractivity contribution is 5.35. The summed E-state index contributed by atoms with van der Waals surface area (Å²) in [5.41, 5.74) is 1.93. The van der Waals surface area contributed by atoms with Crippen molar-refractivity contribution in [2.24, 2.45) is 0 Å². The van der Waals surface area contributed by atoms with Crippen LogP contribution in [-0.4, -0.2) is 26.7 Å². The van der Waals surface area contributed by atoms with E-state index >= 15 is 0 Å². The summed E-state index contributed by atoms with van der Waals surface area (Å²) in [6, 6.07) is 5.19. The number of phenols is 1. The average molecular weight is 233 g/mol. The van der Waals surface area contributed by atoms with Gasteiger partial charge in [0.2, 0.25) is 0 Å². The van der Waals surface area contributed by atoms with Crippen LogP contribution in [-0.2, 0) is 4.74 Å². The van der Waals surface area contributed by atoms with Crippen molar-refractivity contribution in [3.63, 3.8) is 0 Å². The van der Waals surface area contributed by atoms with Crippen LogP contribution in [0.1, 0.15) is 24.3 Å². The molecule has 17 heavy (non-hydrogen) atoms. The second-order valence-electron chi connectivity index (χ2n) is 3.73. The van der Waals surface area contributed by atoms with Crippen LogP contribution >= 0.6 is 0 Å². The molecule has 0 aliphatic heterocycles. The van der Waals surface area contributed by atoms with Gasteiger partial charge < -0.3 is 9.84 Å². The zero-order valence-electron chi connectivity index (χ0n) is 9.87. The van der Waals surface area contributed by atoms with Gasteiger partial charge in [-0.1, -0.05) is 11.3 Å². The maximum absolute atomic E-state index is 9.40. The van der Waals surface area contributed by atoms with Crippen molar-refractivity contribution in [3.8, 4) is 5.75 Å². The van der Waals surface area contributed by atoms with Crippen LogP contribution in [0.3, 0.4) is 0 Å². The van der Waals surface area contributed by atoms with E-state index in [4.69, 9.17) is 4.74 Å². The molecule has 90 valence electrons. The summed E-state index contributed by atoms with van der Waals surface area (Å²) in [6.45, 7) is 4.43. The van der Waals surface area contributed by atoms with E-state index in [1.807, 2.05) is 19.9 Å². The Morgan fingerprint density at radius 2 is 2.29 bits per heavy atom. The molecule has 0 saturated heterocycles. The SMILES string of the molecule is CCOC(c1ccc(O)cc1C)n1ccnn1. The summed E-state index contributed by atoms with van der Waals surface area (Å²) in [6.07, 6.45) is 3.07. The van der Waals surface area contributed by atoms with E-state index in [9.17, 15) is 5.11 Å². The third kappa shape index (κ3) is 2.45. The van der Waals surface area contributed by atoms with Crippen molar-refractivity contribution >= 4 is 0 Å². The first kappa shape index (κ1) is 11.6. The molecule has 0 amide bonds. The van der Waals surface area contributed by atoms with E-state index in [0.29, 0.717) is 6.61 Å². The van der Waals surface area contributed by atoms with Gasteiger partial charge in [-0.25, -0.2) is 4.68 Å². The number of hydrogen-bond acceptors (Lipinski definition) is 4. The summed E-state index contributed by atoms with van der Waals surface area (Å²) in [5.74, 6) is 0.250. The third-order valence-corrected chi connectivity index (χ3v) is 2.53. The van der Waals surface area contributed by atoms with Crippen LogP contribution in [0.25, 0.3) is 0 Å². The Bertz CT molecular complexity index is 483. The monoisotopic (exact) mass is 233 g/mol. The highest BCUT2D eigenvalue weighted by atomic mass is 16.5. The molecule has 1 atom stereocenters. The van der Waals surface area contributed by atoms with E-state index in [1.54, 1.807) is 29.2 Å². The molecule has 2 rings (SSSR count). The molecular formula is C12H15N3O2. The van der Waals surface area contributed by atoms with Crippen molar-refractivity contribution in [2.45, 2.75) is 20.1 Å². The Balaban J connectivity index is 2.39. The topological polar surface area (TPSA) is 60.2 Å². The minimum absolute atomic E-state index is 0.250. The molecule has 0 radical (unpaired) electrons. The zero-order valence-corrected chi connectivity index (χ0v) is 9.87. The van der Waals surface area contributed by atoms with Crippen LogP contribution in [0, 0.1) is 6.92 Å². The van der Waals surface area contributed by atoms with Gasteiger partial charge in [0.1, 0.15) is 5.75 Å². The molecule has 5 heteroatoms. The first-order chi connectivity index (χ1) is 8.22. The van der Waals surface area contributed by atoms with Gasteiger partial charge in [0.25, 0.3) is 0 Å². The maximum atomic E-state index is 9.40. The van der Waals surface area contributed by atoms with Gasteiger partial charge in [0, 0.05) is 18.4 Å². The zero-order chi connectivity index (χ0) is 12.3. The number of hydrogen-bond donors (Lipinski definition) is 1. The first-order valence-electron chi connectivity index (χ1n) is 5.49. The van der Waals surface area contributed by atoms with Crippen molar-refractivity contribution in [1.82, 2.24) is 15.0 Å². The molecule has 1 heterocycles. The summed E-state index contributed by atoms with van der Waals surface area (Å²) in [5, 5.41) is 17.1. The predicted octanol–water partition coefficient (Wildman–Crippen LogP) is 1.88. The minimum Gasteiger partial charge on any atom is -0.508 e. The molecular weight excluding hydrogens is 218 g/mol. The fourth-order valence-electron chi connectivity index (χ4n) is 1.75. The molecule has 5 nitrogen and oxygen atoms in total. The lowest BCUT2D eigenvalue weighted by Gasteiger charge is -2.19. The van der Waals surface area contributed by atoms with E-state index in [0.717, 1.165) is 11.1 Å². The molecule has 0 aliphatic rings. The first-order valence-corrected chi connectivity index (χ1v) is 5.49. The molecule has 1 aromatic carbocycles. The minimum atomic E-state index is -0.303. The van der Waals surface area contributed by atoms with Crippen molar-refractivity contribution in [1.29, 1.82) is 0 Å². The molecule has 0 saturated carbocycles. The summed E-state index contributed by atoms with van der Waals surface area (Å²) >= 11 is 0. The van der Waals surface area contributed by atoms with Crippen LogP contribution in [0.4, 0.5) is 0 Å². The number of aryl methyl sites for hydroxylation is 1. The molecule has 0 spiro atoms. The number of nitrogens with zero attached hydrogens (tertiary/aromatic N) is 3. The lowest BCUT2D eigenvalue weighted by atomic mass is 10.1. The molecule has 2 aromatic rings. The Morgan fingerprint density at radius 1 is 1.47 bits per heavy atom. The quantitative estimate of drug-likeness (QED) is 0.875. The standard InChI is InChI=1S/C12H15N3O2/c1-3-17-12(15-7-6-13-14-15)11-5-4-10(16)8-9(11)2/h4-8,12,16H,3H2,1-2H3. The largest absolute Gasteiger partial charge is 0.508 e. The fourth-order valence-corrected chi connectivity index (χ4v) is 1.75. The van der Waals surface area contributed by atoms with Crippen molar-refractivity contribution < 1.29 is 9.84 Å². The van der Waals surface area contributed by atoms with Crippen LogP contribution < -0.4 is 0 Å². The van der Waals surface area contributed by atoms with E-state index in [-0.39, 0.29) is 12.0 Å². The van der Waals surface area contributed by atoms with Gasteiger partial charge >= 0.3 is 0 Å². The summed E-state index contributed by atoms with van der Waals surface area (Å²) in [7, 11) is 0.